The van der Waals surface area contributed by atoms with Crippen molar-refractivity contribution >= 4 is 5.91 Å². The fourth-order valence-electron chi connectivity index (χ4n) is 1.68. The first-order chi connectivity index (χ1) is 6.04. The molecule has 13 heavy (non-hydrogen) atoms. The van der Waals surface area contributed by atoms with E-state index in [1.165, 1.54) is 4.90 Å². The lowest BCUT2D eigenvalue weighted by Crippen LogP contribution is -2.58. The summed E-state index contributed by atoms with van der Waals surface area (Å²) in [6.07, 6.45) is -2.89. The van der Waals surface area contributed by atoms with Crippen molar-refractivity contribution in [3.8, 4) is 0 Å². The zero-order valence-corrected chi connectivity index (χ0v) is 7.76. The third kappa shape index (κ3) is 2.15. The average molecular weight is 192 g/mol. The van der Waals surface area contributed by atoms with Crippen LogP contribution < -0.4 is 5.32 Å². The molecule has 0 bridgehead atoms. The number of nitrogens with one attached hydrogen (secondary N) is 1. The van der Waals surface area contributed by atoms with Gasteiger partial charge >= 0.3 is 6.43 Å². The van der Waals surface area contributed by atoms with Crippen LogP contribution in [0.15, 0.2) is 0 Å². The number of piperazine rings is 1. The number of halogens is 2. The Balaban J connectivity index is 2.68. The van der Waals surface area contributed by atoms with Crippen LogP contribution in [0.3, 0.4) is 0 Å². The average Bonchev–Trinajstić information content (AvgIpc) is 2.03. The van der Waals surface area contributed by atoms with Crippen LogP contribution in [0, 0.1) is 0 Å². The smallest absolute Gasteiger partial charge is 0.315 e. The molecule has 0 saturated carbocycles. The molecule has 1 saturated heterocycles. The fraction of sp³-hybridized carbons (Fsp3) is 0.875. The second-order valence-electron chi connectivity index (χ2n) is 3.40. The van der Waals surface area contributed by atoms with Gasteiger partial charge in [-0.25, -0.2) is 0 Å². The zero-order chi connectivity index (χ0) is 10.0. The van der Waals surface area contributed by atoms with Crippen LogP contribution in [-0.4, -0.2) is 42.4 Å². The van der Waals surface area contributed by atoms with Gasteiger partial charge in [0.1, 0.15) is 0 Å². The standard InChI is InChI=1S/C8H14F2N2O/c1-5-3-11-4-6(2)12(5)8(13)7(9)10/h5-7,11H,3-4H2,1-2H3. The van der Waals surface area contributed by atoms with E-state index in [2.05, 4.69) is 5.32 Å². The zero-order valence-electron chi connectivity index (χ0n) is 7.76. The van der Waals surface area contributed by atoms with Crippen molar-refractivity contribution in [3.05, 3.63) is 0 Å². The number of nitrogens with zero attached hydrogens (tertiary/aromatic N) is 1. The minimum atomic E-state index is -2.89. The van der Waals surface area contributed by atoms with Gasteiger partial charge in [0.05, 0.1) is 0 Å². The highest BCUT2D eigenvalue weighted by molar-refractivity contribution is 5.80. The van der Waals surface area contributed by atoms with E-state index in [9.17, 15) is 13.6 Å². The number of carbonyl (C=O) groups excluding carboxylic acids is 1. The first kappa shape index (κ1) is 10.4. The van der Waals surface area contributed by atoms with Crippen LogP contribution in [0.2, 0.25) is 0 Å². The lowest BCUT2D eigenvalue weighted by Gasteiger charge is -2.39. The van der Waals surface area contributed by atoms with Gasteiger partial charge < -0.3 is 10.2 Å². The first-order valence-electron chi connectivity index (χ1n) is 4.35. The maximum atomic E-state index is 12.1. The molecule has 1 rings (SSSR count). The normalized spacial score (nSPS) is 29.5. The number of alkyl halides is 2. The van der Waals surface area contributed by atoms with Crippen LogP contribution in [0.1, 0.15) is 13.8 Å². The summed E-state index contributed by atoms with van der Waals surface area (Å²) in [6.45, 7) is 4.71. The van der Waals surface area contributed by atoms with Gasteiger partial charge in [-0.15, -0.1) is 0 Å². The second kappa shape index (κ2) is 4.00. The molecule has 2 unspecified atom stereocenters. The second-order valence-corrected chi connectivity index (χ2v) is 3.40. The summed E-state index contributed by atoms with van der Waals surface area (Å²) >= 11 is 0. The van der Waals surface area contributed by atoms with Gasteiger partial charge in [0, 0.05) is 25.2 Å². The van der Waals surface area contributed by atoms with E-state index >= 15 is 0 Å². The highest BCUT2D eigenvalue weighted by Crippen LogP contribution is 2.13. The quantitative estimate of drug-likeness (QED) is 0.654. The number of rotatable bonds is 1. The number of carbonyl (C=O) groups is 1. The van der Waals surface area contributed by atoms with Gasteiger partial charge in [0.25, 0.3) is 5.91 Å². The monoisotopic (exact) mass is 192 g/mol. The van der Waals surface area contributed by atoms with E-state index < -0.39 is 12.3 Å². The van der Waals surface area contributed by atoms with E-state index in [1.807, 2.05) is 0 Å². The maximum absolute atomic E-state index is 12.1. The van der Waals surface area contributed by atoms with Crippen molar-refractivity contribution in [3.63, 3.8) is 0 Å². The van der Waals surface area contributed by atoms with Crippen LogP contribution in [-0.2, 0) is 4.79 Å². The molecule has 3 nitrogen and oxygen atoms in total. The van der Waals surface area contributed by atoms with Gasteiger partial charge in [-0.05, 0) is 13.8 Å². The summed E-state index contributed by atoms with van der Waals surface area (Å²) in [5.41, 5.74) is 0. The minimum absolute atomic E-state index is 0.148. The summed E-state index contributed by atoms with van der Waals surface area (Å²) in [4.78, 5) is 12.3. The Bertz CT molecular complexity index is 189. The molecule has 2 atom stereocenters. The van der Waals surface area contributed by atoms with Crippen LogP contribution in [0.25, 0.3) is 0 Å². The van der Waals surface area contributed by atoms with E-state index in [4.69, 9.17) is 0 Å². The molecule has 5 heteroatoms. The molecule has 1 fully saturated rings. The molecule has 1 amide bonds. The van der Waals surface area contributed by atoms with E-state index in [1.54, 1.807) is 13.8 Å². The summed E-state index contributed by atoms with van der Waals surface area (Å²) in [5, 5.41) is 3.07. The van der Waals surface area contributed by atoms with Gasteiger partial charge in [0.15, 0.2) is 0 Å². The minimum Gasteiger partial charge on any atom is -0.330 e. The maximum Gasteiger partial charge on any atom is 0.315 e. The Labute approximate surface area is 76.1 Å². The van der Waals surface area contributed by atoms with Crippen molar-refractivity contribution in [2.75, 3.05) is 13.1 Å². The Morgan fingerprint density at radius 2 is 1.85 bits per heavy atom. The lowest BCUT2D eigenvalue weighted by atomic mass is 10.1. The molecule has 0 aromatic rings. The Morgan fingerprint density at radius 3 is 2.23 bits per heavy atom. The van der Waals surface area contributed by atoms with Crippen molar-refractivity contribution < 1.29 is 13.6 Å². The third-order valence-corrected chi connectivity index (χ3v) is 2.27. The molecular weight excluding hydrogens is 178 g/mol. The van der Waals surface area contributed by atoms with E-state index in [0.717, 1.165) is 0 Å². The summed E-state index contributed by atoms with van der Waals surface area (Å²) in [5.74, 6) is -1.05. The SMILES string of the molecule is CC1CNCC(C)N1C(=O)C(F)F. The summed E-state index contributed by atoms with van der Waals surface area (Å²) in [6, 6.07) is -0.296. The van der Waals surface area contributed by atoms with E-state index in [0.29, 0.717) is 13.1 Å². The van der Waals surface area contributed by atoms with Crippen molar-refractivity contribution in [1.29, 1.82) is 0 Å². The van der Waals surface area contributed by atoms with Gasteiger partial charge in [-0.3, -0.25) is 4.79 Å². The molecule has 0 spiro atoms. The van der Waals surface area contributed by atoms with Gasteiger partial charge in [-0.1, -0.05) is 0 Å². The fourth-order valence-corrected chi connectivity index (χ4v) is 1.68. The largest absolute Gasteiger partial charge is 0.330 e. The molecular formula is C8H14F2N2O. The predicted octanol–water partition coefficient (Wildman–Crippen LogP) is 0.460. The van der Waals surface area contributed by atoms with Crippen LogP contribution in [0.5, 0.6) is 0 Å². The number of amides is 1. The van der Waals surface area contributed by atoms with Gasteiger partial charge in [-0.2, -0.15) is 8.78 Å². The topological polar surface area (TPSA) is 32.3 Å². The van der Waals surface area contributed by atoms with Crippen molar-refractivity contribution in [2.45, 2.75) is 32.4 Å². The van der Waals surface area contributed by atoms with Crippen LogP contribution >= 0.6 is 0 Å². The first-order valence-corrected chi connectivity index (χ1v) is 4.35. The highest BCUT2D eigenvalue weighted by atomic mass is 19.3. The molecule has 1 aliphatic rings. The highest BCUT2D eigenvalue weighted by Gasteiger charge is 2.33. The third-order valence-electron chi connectivity index (χ3n) is 2.27. The molecule has 0 aliphatic carbocycles. The molecule has 0 aromatic heterocycles. The van der Waals surface area contributed by atoms with E-state index in [-0.39, 0.29) is 12.1 Å². The Hall–Kier alpha value is -0.710. The lowest BCUT2D eigenvalue weighted by molar-refractivity contribution is -0.148. The number of hydrogen-bond donors (Lipinski definition) is 1. The number of hydrogen-bond acceptors (Lipinski definition) is 2. The Kier molecular flexibility index (Phi) is 3.19. The molecule has 1 heterocycles. The molecule has 76 valence electrons. The van der Waals surface area contributed by atoms with Crippen molar-refractivity contribution in [1.82, 2.24) is 10.2 Å². The molecule has 0 radical (unpaired) electrons. The molecule has 0 aromatic carbocycles. The Morgan fingerprint density at radius 1 is 1.38 bits per heavy atom. The van der Waals surface area contributed by atoms with Crippen LogP contribution in [0.4, 0.5) is 8.78 Å². The van der Waals surface area contributed by atoms with Gasteiger partial charge in [0.2, 0.25) is 0 Å². The summed E-state index contributed by atoms with van der Waals surface area (Å²) in [7, 11) is 0. The predicted molar refractivity (Wildman–Crippen MR) is 44.6 cm³/mol. The summed E-state index contributed by atoms with van der Waals surface area (Å²) < 4.78 is 24.3. The van der Waals surface area contributed by atoms with Crippen molar-refractivity contribution in [2.24, 2.45) is 0 Å². The molecule has 1 N–H and O–H groups in total. The molecule has 1 aliphatic heterocycles.